The number of amides is 1. The lowest BCUT2D eigenvalue weighted by Crippen LogP contribution is -2.36. The van der Waals surface area contributed by atoms with E-state index in [1.807, 2.05) is 60.0 Å². The standard InChI is InChI=1S/C24H25N5O2S/c1-16(23(30)25-15-19-11-7-13-31-19)32-24-28-27-22(29(24)18-9-3-2-4-10-18)21-14-17-8-5-6-12-20(17)26-21/h2-6,8-10,12,14,16,19,26H,7,11,13,15H2,1H3,(H,25,30)/t16-,19-/m1/s1. The summed E-state index contributed by atoms with van der Waals surface area (Å²) in [6.07, 6.45) is 2.18. The minimum absolute atomic E-state index is 0.0275. The highest BCUT2D eigenvalue weighted by Crippen LogP contribution is 2.31. The lowest BCUT2D eigenvalue weighted by molar-refractivity contribution is -0.120. The molecule has 0 radical (unpaired) electrons. The first kappa shape index (κ1) is 20.8. The van der Waals surface area contributed by atoms with Gasteiger partial charge in [0.15, 0.2) is 11.0 Å². The Labute approximate surface area is 190 Å². The van der Waals surface area contributed by atoms with Crippen LogP contribution in [0.4, 0.5) is 0 Å². The number of nitrogens with one attached hydrogen (secondary N) is 2. The summed E-state index contributed by atoms with van der Waals surface area (Å²) in [5.74, 6) is 0.683. The maximum atomic E-state index is 12.7. The molecule has 1 aliphatic rings. The van der Waals surface area contributed by atoms with Gasteiger partial charge in [0.25, 0.3) is 0 Å². The first-order chi connectivity index (χ1) is 15.7. The zero-order chi connectivity index (χ0) is 21.9. The molecule has 164 valence electrons. The maximum absolute atomic E-state index is 12.7. The quantitative estimate of drug-likeness (QED) is 0.415. The Morgan fingerprint density at radius 3 is 2.81 bits per heavy atom. The predicted octanol–water partition coefficient (Wildman–Crippen LogP) is 4.19. The van der Waals surface area contributed by atoms with Gasteiger partial charge in [-0.2, -0.15) is 0 Å². The van der Waals surface area contributed by atoms with Crippen molar-refractivity contribution in [2.45, 2.75) is 36.3 Å². The van der Waals surface area contributed by atoms with Crippen molar-refractivity contribution in [3.05, 3.63) is 60.7 Å². The fraction of sp³-hybridized carbons (Fsp3) is 0.292. The fourth-order valence-corrected chi connectivity index (χ4v) is 4.79. The number of rotatable bonds is 7. The number of para-hydroxylation sites is 2. The van der Waals surface area contributed by atoms with E-state index in [4.69, 9.17) is 4.74 Å². The van der Waals surface area contributed by atoms with Gasteiger partial charge in [0.2, 0.25) is 5.91 Å². The number of nitrogens with zero attached hydrogens (tertiary/aromatic N) is 3. The van der Waals surface area contributed by atoms with Gasteiger partial charge < -0.3 is 15.0 Å². The van der Waals surface area contributed by atoms with Crippen molar-refractivity contribution >= 4 is 28.6 Å². The van der Waals surface area contributed by atoms with Gasteiger partial charge in [-0.3, -0.25) is 9.36 Å². The van der Waals surface area contributed by atoms with Crippen molar-refractivity contribution in [2.24, 2.45) is 0 Å². The molecule has 2 N–H and O–H groups in total. The number of carbonyl (C=O) groups excluding carboxylic acids is 1. The minimum atomic E-state index is -0.321. The molecule has 0 saturated carbocycles. The van der Waals surface area contributed by atoms with Gasteiger partial charge in [0.1, 0.15) is 0 Å². The highest BCUT2D eigenvalue weighted by Gasteiger charge is 2.24. The predicted molar refractivity (Wildman–Crippen MR) is 126 cm³/mol. The second-order valence-electron chi connectivity index (χ2n) is 7.89. The van der Waals surface area contributed by atoms with E-state index in [0.717, 1.165) is 41.7 Å². The van der Waals surface area contributed by atoms with Crippen LogP contribution in [0.1, 0.15) is 19.8 Å². The number of hydrogen-bond acceptors (Lipinski definition) is 5. The fourth-order valence-electron chi connectivity index (χ4n) is 3.90. The van der Waals surface area contributed by atoms with Crippen molar-refractivity contribution in [1.29, 1.82) is 0 Å². The lowest BCUT2D eigenvalue weighted by Gasteiger charge is -2.15. The normalized spacial score (nSPS) is 17.0. The largest absolute Gasteiger partial charge is 0.376 e. The molecule has 3 heterocycles. The number of aromatic nitrogens is 4. The average molecular weight is 448 g/mol. The summed E-state index contributed by atoms with van der Waals surface area (Å²) in [4.78, 5) is 16.1. The molecule has 0 aliphatic carbocycles. The summed E-state index contributed by atoms with van der Waals surface area (Å²) in [6, 6.07) is 20.2. The smallest absolute Gasteiger partial charge is 0.233 e. The molecule has 0 unspecified atom stereocenters. The van der Waals surface area contributed by atoms with E-state index >= 15 is 0 Å². The van der Waals surface area contributed by atoms with E-state index in [9.17, 15) is 4.79 Å². The Hall–Kier alpha value is -3.10. The third-order valence-corrected chi connectivity index (χ3v) is 6.64. The van der Waals surface area contributed by atoms with Gasteiger partial charge in [0.05, 0.1) is 17.0 Å². The van der Waals surface area contributed by atoms with Crippen LogP contribution in [0.15, 0.2) is 65.8 Å². The summed E-state index contributed by atoms with van der Waals surface area (Å²) in [7, 11) is 0. The molecule has 4 aromatic rings. The molecule has 5 rings (SSSR count). The molecular weight excluding hydrogens is 422 g/mol. The van der Waals surface area contributed by atoms with Crippen LogP contribution in [0.25, 0.3) is 28.1 Å². The number of thioether (sulfide) groups is 1. The minimum Gasteiger partial charge on any atom is -0.376 e. The summed E-state index contributed by atoms with van der Waals surface area (Å²) in [6.45, 7) is 3.22. The highest BCUT2D eigenvalue weighted by atomic mass is 32.2. The molecule has 0 spiro atoms. The number of carbonyl (C=O) groups is 1. The molecule has 1 fully saturated rings. The molecule has 1 amide bonds. The molecule has 1 aliphatic heterocycles. The van der Waals surface area contributed by atoms with E-state index in [0.29, 0.717) is 17.5 Å². The molecule has 0 bridgehead atoms. The topological polar surface area (TPSA) is 84.8 Å². The Morgan fingerprint density at radius 2 is 2.03 bits per heavy atom. The summed E-state index contributed by atoms with van der Waals surface area (Å²) >= 11 is 1.40. The second kappa shape index (κ2) is 9.18. The molecule has 8 heteroatoms. The number of H-pyrrole nitrogens is 1. The first-order valence-corrected chi connectivity index (χ1v) is 11.7. The van der Waals surface area contributed by atoms with Gasteiger partial charge in [0, 0.05) is 29.7 Å². The SMILES string of the molecule is C[C@@H](Sc1nnc(-c2cc3ccccc3[nH]2)n1-c1ccccc1)C(=O)NC[C@H]1CCCO1. The number of hydrogen-bond donors (Lipinski definition) is 2. The first-order valence-electron chi connectivity index (χ1n) is 10.8. The third kappa shape index (κ3) is 4.28. The number of aromatic amines is 1. The Balaban J connectivity index is 1.42. The number of fused-ring (bicyclic) bond motifs is 1. The van der Waals surface area contributed by atoms with E-state index in [2.05, 4.69) is 32.6 Å². The van der Waals surface area contributed by atoms with Gasteiger partial charge in [-0.15, -0.1) is 10.2 Å². The van der Waals surface area contributed by atoms with E-state index < -0.39 is 0 Å². The van der Waals surface area contributed by atoms with Crippen LogP contribution in [0, 0.1) is 0 Å². The van der Waals surface area contributed by atoms with Crippen LogP contribution in [0.3, 0.4) is 0 Å². The summed E-state index contributed by atoms with van der Waals surface area (Å²) in [5.41, 5.74) is 2.87. The molecule has 32 heavy (non-hydrogen) atoms. The van der Waals surface area contributed by atoms with E-state index in [1.54, 1.807) is 0 Å². The zero-order valence-corrected chi connectivity index (χ0v) is 18.6. The van der Waals surface area contributed by atoms with Gasteiger partial charge in [-0.25, -0.2) is 0 Å². The van der Waals surface area contributed by atoms with Gasteiger partial charge in [-0.1, -0.05) is 48.2 Å². The van der Waals surface area contributed by atoms with Crippen molar-refractivity contribution in [3.63, 3.8) is 0 Å². The summed E-state index contributed by atoms with van der Waals surface area (Å²) in [5, 5.41) is 13.4. The summed E-state index contributed by atoms with van der Waals surface area (Å²) < 4.78 is 7.60. The van der Waals surface area contributed by atoms with Crippen LogP contribution in [0.2, 0.25) is 0 Å². The number of ether oxygens (including phenoxy) is 1. The Kier molecular flexibility index (Phi) is 5.96. The van der Waals surface area contributed by atoms with Crippen LogP contribution >= 0.6 is 11.8 Å². The zero-order valence-electron chi connectivity index (χ0n) is 17.8. The third-order valence-electron chi connectivity index (χ3n) is 5.60. The molecular formula is C24H25N5O2S. The van der Waals surface area contributed by atoms with Crippen LogP contribution in [-0.2, 0) is 9.53 Å². The monoisotopic (exact) mass is 447 g/mol. The molecule has 1 saturated heterocycles. The van der Waals surface area contributed by atoms with Gasteiger partial charge >= 0.3 is 0 Å². The van der Waals surface area contributed by atoms with Crippen molar-refractivity contribution in [2.75, 3.05) is 13.2 Å². The van der Waals surface area contributed by atoms with Crippen molar-refractivity contribution in [1.82, 2.24) is 25.1 Å². The second-order valence-corrected chi connectivity index (χ2v) is 9.20. The lowest BCUT2D eigenvalue weighted by atomic mass is 10.2. The van der Waals surface area contributed by atoms with Crippen molar-refractivity contribution in [3.8, 4) is 17.2 Å². The average Bonchev–Trinajstić information content (AvgIpc) is 3.57. The van der Waals surface area contributed by atoms with E-state index in [1.165, 1.54) is 11.8 Å². The Morgan fingerprint density at radius 1 is 1.22 bits per heavy atom. The molecule has 2 atom stereocenters. The maximum Gasteiger partial charge on any atom is 0.233 e. The van der Waals surface area contributed by atoms with Gasteiger partial charge in [-0.05, 0) is 44.0 Å². The molecule has 7 nitrogen and oxygen atoms in total. The van der Waals surface area contributed by atoms with Crippen LogP contribution < -0.4 is 5.32 Å². The highest BCUT2D eigenvalue weighted by molar-refractivity contribution is 8.00. The Bertz CT molecular complexity index is 1180. The molecule has 2 aromatic heterocycles. The number of benzene rings is 2. The van der Waals surface area contributed by atoms with Crippen LogP contribution in [-0.4, -0.2) is 50.2 Å². The van der Waals surface area contributed by atoms with E-state index in [-0.39, 0.29) is 17.3 Å². The molecule has 2 aromatic carbocycles. The van der Waals surface area contributed by atoms with Crippen LogP contribution in [0.5, 0.6) is 0 Å². The van der Waals surface area contributed by atoms with Crippen molar-refractivity contribution < 1.29 is 9.53 Å².